The number of halogens is 2. The number of thioether (sulfide) groups is 1. The number of aryl methyl sites for hydroxylation is 1. The van der Waals surface area contributed by atoms with Crippen molar-refractivity contribution in [3.05, 3.63) is 74.0 Å². The van der Waals surface area contributed by atoms with Crippen molar-refractivity contribution in [3.8, 4) is 5.75 Å². The van der Waals surface area contributed by atoms with Gasteiger partial charge in [-0.2, -0.15) is 4.99 Å². The number of hydrogen-bond donors (Lipinski definition) is 0. The Morgan fingerprint density at radius 1 is 1.30 bits per heavy atom. The smallest absolute Gasteiger partial charge is 0.286 e. The van der Waals surface area contributed by atoms with Crippen LogP contribution in [-0.4, -0.2) is 23.6 Å². The molecular weight excluding hydrogens is 532 g/mol. The molecule has 0 saturated carbocycles. The van der Waals surface area contributed by atoms with E-state index in [1.54, 1.807) is 12.2 Å². The van der Waals surface area contributed by atoms with E-state index < -0.39 is 5.91 Å². The molecule has 2 aromatic rings. The van der Waals surface area contributed by atoms with Crippen molar-refractivity contribution in [2.24, 2.45) is 4.99 Å². The molecule has 3 rings (SSSR count). The highest BCUT2D eigenvalue weighted by Gasteiger charge is 2.30. The van der Waals surface area contributed by atoms with Crippen LogP contribution >= 0.6 is 43.6 Å². The second kappa shape index (κ2) is 9.76. The summed E-state index contributed by atoms with van der Waals surface area (Å²) in [6.45, 7) is 7.36. The Hall–Kier alpha value is -2.16. The van der Waals surface area contributed by atoms with Gasteiger partial charge in [0, 0.05) is 17.0 Å². The average molecular weight is 550 g/mol. The topological polar surface area (TPSA) is 59.0 Å². The summed E-state index contributed by atoms with van der Waals surface area (Å²) in [5, 5.41) is 0.329. The fourth-order valence-electron chi connectivity index (χ4n) is 2.84. The summed E-state index contributed by atoms with van der Waals surface area (Å²) in [6, 6.07) is 11.2. The van der Waals surface area contributed by atoms with E-state index in [1.165, 1.54) is 11.8 Å². The van der Waals surface area contributed by atoms with Crippen LogP contribution in [0, 0.1) is 6.92 Å². The maximum absolute atomic E-state index is 12.6. The number of amides is 2. The van der Waals surface area contributed by atoms with Crippen LogP contribution < -0.4 is 9.64 Å². The normalized spacial score (nSPS) is 14.6. The van der Waals surface area contributed by atoms with E-state index in [9.17, 15) is 9.59 Å². The highest BCUT2D eigenvalue weighted by Crippen LogP contribution is 2.38. The Bertz CT molecular complexity index is 1100. The van der Waals surface area contributed by atoms with E-state index in [0.717, 1.165) is 26.3 Å². The van der Waals surface area contributed by atoms with Crippen molar-refractivity contribution in [1.82, 2.24) is 0 Å². The number of carbonyl (C=O) groups excluding carboxylic acids is 2. The number of aliphatic imine (C=N–C) groups is 1. The summed E-state index contributed by atoms with van der Waals surface area (Å²) in [7, 11) is 0. The van der Waals surface area contributed by atoms with Crippen molar-refractivity contribution in [3.63, 3.8) is 0 Å². The summed E-state index contributed by atoms with van der Waals surface area (Å²) < 4.78 is 7.33. The van der Waals surface area contributed by atoms with Crippen LogP contribution in [0.1, 0.15) is 18.1 Å². The lowest BCUT2D eigenvalue weighted by atomic mass is 10.2. The molecule has 1 aliphatic rings. The summed E-state index contributed by atoms with van der Waals surface area (Å²) in [5.74, 6) is -0.0276. The first-order valence-electron chi connectivity index (χ1n) is 8.93. The minimum Gasteiger partial charge on any atom is -0.488 e. The van der Waals surface area contributed by atoms with E-state index in [0.29, 0.717) is 33.7 Å². The van der Waals surface area contributed by atoms with Crippen LogP contribution in [0.2, 0.25) is 0 Å². The van der Waals surface area contributed by atoms with Gasteiger partial charge in [-0.1, -0.05) is 46.8 Å². The average Bonchev–Trinajstić information content (AvgIpc) is 3.02. The van der Waals surface area contributed by atoms with Crippen LogP contribution in [0.4, 0.5) is 5.69 Å². The predicted octanol–water partition coefficient (Wildman–Crippen LogP) is 6.11. The molecule has 0 N–H and O–H groups in total. The monoisotopic (exact) mass is 548 g/mol. The molecule has 0 aliphatic carbocycles. The highest BCUT2D eigenvalue weighted by atomic mass is 79.9. The van der Waals surface area contributed by atoms with Gasteiger partial charge in [-0.25, -0.2) is 0 Å². The Morgan fingerprint density at radius 3 is 2.70 bits per heavy atom. The van der Waals surface area contributed by atoms with Crippen molar-refractivity contribution < 1.29 is 14.3 Å². The first kappa shape index (κ1) is 22.5. The number of ether oxygens (including phenoxy) is 1. The van der Waals surface area contributed by atoms with Crippen molar-refractivity contribution in [2.75, 3.05) is 11.5 Å². The van der Waals surface area contributed by atoms with E-state index in [-0.39, 0.29) is 5.91 Å². The van der Waals surface area contributed by atoms with Crippen LogP contribution in [0.15, 0.2) is 67.9 Å². The first-order chi connectivity index (χ1) is 14.3. The fourth-order valence-corrected chi connectivity index (χ4v) is 5.17. The second-order valence-corrected chi connectivity index (χ2v) is 9.14. The molecule has 154 valence electrons. The number of para-hydroxylation sites is 1. The van der Waals surface area contributed by atoms with Gasteiger partial charge in [-0.3, -0.25) is 14.5 Å². The lowest BCUT2D eigenvalue weighted by molar-refractivity contribution is -0.115. The standard InChI is InChI=1S/C22H18Br2N2O3S/c1-4-9-29-20-15(10-16(23)12-17(20)24)11-19-21(28)25-22(30-19)26(14(3)27)18-8-6-5-7-13(18)2/h4-8,10-12H,1,9H2,2-3H3/b19-11+. The molecule has 0 unspecified atom stereocenters. The minimum absolute atomic E-state index is 0.218. The number of nitrogens with zero attached hydrogens (tertiary/aromatic N) is 2. The van der Waals surface area contributed by atoms with Crippen LogP contribution in [-0.2, 0) is 9.59 Å². The molecule has 0 bridgehead atoms. The SMILES string of the molecule is C=CCOc1c(Br)cc(Br)cc1/C=C1/SC(N(C(C)=O)c2ccccc2C)=NC1=O. The third-order valence-corrected chi connectivity index (χ3v) is 6.16. The number of hydrogen-bond acceptors (Lipinski definition) is 4. The molecular formula is C22H18Br2N2O3S. The molecule has 2 amide bonds. The number of rotatable bonds is 5. The van der Waals surface area contributed by atoms with E-state index >= 15 is 0 Å². The molecule has 30 heavy (non-hydrogen) atoms. The third kappa shape index (κ3) is 4.94. The molecule has 0 aromatic heterocycles. The maximum atomic E-state index is 12.6. The number of benzene rings is 2. The molecule has 0 spiro atoms. The van der Waals surface area contributed by atoms with Gasteiger partial charge in [0.25, 0.3) is 5.91 Å². The largest absolute Gasteiger partial charge is 0.488 e. The fraction of sp³-hybridized carbons (Fsp3) is 0.136. The van der Waals surface area contributed by atoms with Gasteiger partial charge < -0.3 is 4.74 Å². The molecule has 8 heteroatoms. The van der Waals surface area contributed by atoms with Gasteiger partial charge in [0.05, 0.1) is 15.1 Å². The first-order valence-corrected chi connectivity index (χ1v) is 11.3. The molecule has 2 aromatic carbocycles. The van der Waals surface area contributed by atoms with Gasteiger partial charge in [0.1, 0.15) is 12.4 Å². The van der Waals surface area contributed by atoms with E-state index in [2.05, 4.69) is 43.4 Å². The molecule has 0 saturated heterocycles. The minimum atomic E-state index is -0.402. The van der Waals surface area contributed by atoms with Crippen LogP contribution in [0.25, 0.3) is 6.08 Å². The lowest BCUT2D eigenvalue weighted by Crippen LogP contribution is -2.33. The van der Waals surface area contributed by atoms with Crippen molar-refractivity contribution in [1.29, 1.82) is 0 Å². The Kier molecular flexibility index (Phi) is 7.33. The lowest BCUT2D eigenvalue weighted by Gasteiger charge is -2.21. The molecule has 1 heterocycles. The molecule has 5 nitrogen and oxygen atoms in total. The summed E-state index contributed by atoms with van der Waals surface area (Å²) in [5.41, 5.74) is 2.32. The Labute approximate surface area is 196 Å². The number of amidine groups is 1. The van der Waals surface area contributed by atoms with E-state index in [1.807, 2.05) is 43.3 Å². The van der Waals surface area contributed by atoms with Gasteiger partial charge in [0.2, 0.25) is 5.91 Å². The van der Waals surface area contributed by atoms with E-state index in [4.69, 9.17) is 4.74 Å². The maximum Gasteiger partial charge on any atom is 0.286 e. The molecule has 0 radical (unpaired) electrons. The Morgan fingerprint density at radius 2 is 2.03 bits per heavy atom. The Balaban J connectivity index is 1.98. The third-order valence-electron chi connectivity index (χ3n) is 4.14. The molecule has 1 aliphatic heterocycles. The molecule has 0 fully saturated rings. The zero-order chi connectivity index (χ0) is 21.8. The summed E-state index contributed by atoms with van der Waals surface area (Å²) in [6.07, 6.45) is 3.36. The number of anilines is 1. The highest BCUT2D eigenvalue weighted by molar-refractivity contribution is 9.11. The summed E-state index contributed by atoms with van der Waals surface area (Å²) >= 11 is 8.12. The van der Waals surface area contributed by atoms with Crippen molar-refractivity contribution in [2.45, 2.75) is 13.8 Å². The molecule has 0 atom stereocenters. The van der Waals surface area contributed by atoms with Gasteiger partial charge in [-0.05, 0) is 64.5 Å². The zero-order valence-electron chi connectivity index (χ0n) is 16.3. The zero-order valence-corrected chi connectivity index (χ0v) is 20.3. The van der Waals surface area contributed by atoms with Gasteiger partial charge in [0.15, 0.2) is 5.17 Å². The predicted molar refractivity (Wildman–Crippen MR) is 130 cm³/mol. The number of carbonyl (C=O) groups is 2. The van der Waals surface area contributed by atoms with Crippen LogP contribution in [0.3, 0.4) is 0 Å². The van der Waals surface area contributed by atoms with Gasteiger partial charge >= 0.3 is 0 Å². The second-order valence-electron chi connectivity index (χ2n) is 6.36. The van der Waals surface area contributed by atoms with Gasteiger partial charge in [-0.15, -0.1) is 0 Å². The quantitative estimate of drug-likeness (QED) is 0.333. The van der Waals surface area contributed by atoms with Crippen LogP contribution in [0.5, 0.6) is 5.75 Å². The summed E-state index contributed by atoms with van der Waals surface area (Å²) in [4.78, 5) is 31.0. The van der Waals surface area contributed by atoms with Crippen molar-refractivity contribution >= 4 is 72.4 Å².